The van der Waals surface area contributed by atoms with Gasteiger partial charge >= 0.3 is 69.8 Å². The van der Waals surface area contributed by atoms with Crippen molar-refractivity contribution in [3.05, 3.63) is 30.3 Å². The van der Waals surface area contributed by atoms with E-state index in [1.54, 1.807) is 0 Å². The molecule has 1 aromatic rings. The number of rotatable bonds is 5. The van der Waals surface area contributed by atoms with E-state index in [1.807, 2.05) is 60.0 Å². The molecule has 0 fully saturated rings. The molecule has 0 atom stereocenters. The van der Waals surface area contributed by atoms with E-state index in [4.69, 9.17) is 4.74 Å². The van der Waals surface area contributed by atoms with E-state index in [0.29, 0.717) is 6.54 Å². The predicted molar refractivity (Wildman–Crippen MR) is 150 cm³/mol. The molecule has 154 valence electrons. The van der Waals surface area contributed by atoms with Gasteiger partial charge in [-0.2, -0.15) is 0 Å². The quantitative estimate of drug-likeness (QED) is 0.267. The first-order chi connectivity index (χ1) is 12.0. The van der Waals surface area contributed by atoms with Gasteiger partial charge in [-0.25, -0.2) is 4.79 Å². The molecule has 1 aromatic carbocycles. The van der Waals surface area contributed by atoms with Crippen molar-refractivity contribution in [2.75, 3.05) is 38.6 Å². The zero-order chi connectivity index (χ0) is 20.6. The van der Waals surface area contributed by atoms with E-state index in [0.717, 1.165) is 13.1 Å². The van der Waals surface area contributed by atoms with Gasteiger partial charge in [0.2, 0.25) is 0 Å². The fraction of sp³-hybridized carbons (Fsp3) is 0.588. The number of benzene rings is 1. The number of para-hydroxylation sites is 1. The van der Waals surface area contributed by atoms with Gasteiger partial charge in [-0.05, 0) is 39.4 Å². The Kier molecular flexibility index (Phi) is 20.6. The second-order valence-electron chi connectivity index (χ2n) is 6.17. The average molecular weight is 817 g/mol. The molecule has 0 saturated heterocycles. The van der Waals surface area contributed by atoms with Crippen molar-refractivity contribution < 1.29 is 9.53 Å². The molecule has 0 aromatic heterocycles. The summed E-state index contributed by atoms with van der Waals surface area (Å²) >= 11 is 7.42. The van der Waals surface area contributed by atoms with Crippen LogP contribution < -0.4 is 15.5 Å². The Labute approximate surface area is 195 Å². The number of carbonyl (C=O) groups is 1. The molecule has 0 spiro atoms. The zero-order valence-corrected chi connectivity index (χ0v) is 24.9. The van der Waals surface area contributed by atoms with E-state index in [9.17, 15) is 4.79 Å². The Morgan fingerprint density at radius 3 is 1.96 bits per heavy atom. The summed E-state index contributed by atoms with van der Waals surface area (Å²) in [5.41, 5.74) is 0.833. The first kappa shape index (κ1) is 29.4. The van der Waals surface area contributed by atoms with Gasteiger partial charge in [0.1, 0.15) is 5.60 Å². The minimum atomic E-state index is -0.414. The van der Waals surface area contributed by atoms with Crippen molar-refractivity contribution in [1.82, 2.24) is 10.6 Å². The van der Waals surface area contributed by atoms with Crippen LogP contribution in [0.15, 0.2) is 30.3 Å². The molecule has 0 bridgehead atoms. The third-order valence-electron chi connectivity index (χ3n) is 2.49. The molecule has 0 aliphatic heterocycles. The number of anilines is 1. The second-order valence-corrected chi connectivity index (χ2v) is 54.9. The summed E-state index contributed by atoms with van der Waals surface area (Å²) in [6, 6.07) is 10.3. The van der Waals surface area contributed by atoms with Crippen molar-refractivity contribution >= 4 is 75.5 Å². The normalized spacial score (nSPS) is 10.4. The number of nitrogens with one attached hydrogen (secondary N) is 2. The molecular formula is C17H31I4N3O2. The summed E-state index contributed by atoms with van der Waals surface area (Å²) in [7, 11) is 3.72. The third-order valence-corrected chi connectivity index (χ3v) is 2.49. The summed E-state index contributed by atoms with van der Waals surface area (Å²) in [4.78, 5) is 13.1. The van der Waals surface area contributed by atoms with Crippen molar-refractivity contribution in [3.8, 4) is 0 Å². The zero-order valence-electron chi connectivity index (χ0n) is 16.3. The van der Waals surface area contributed by atoms with E-state index in [1.165, 1.54) is 5.69 Å². The van der Waals surface area contributed by atoms with Gasteiger partial charge in [0.05, 0.1) is 0 Å². The van der Waals surface area contributed by atoms with Crippen LogP contribution in [-0.4, -0.2) is 45.4 Å². The van der Waals surface area contributed by atoms with E-state index < -0.39 is 5.60 Å². The Morgan fingerprint density at radius 1 is 1.12 bits per heavy atom. The Hall–Kier alpha value is 1.17. The van der Waals surface area contributed by atoms with Crippen LogP contribution in [0.3, 0.4) is 0 Å². The summed E-state index contributed by atoms with van der Waals surface area (Å²) in [6.07, 6.45) is -0.356. The Bertz CT molecular complexity index is 452. The van der Waals surface area contributed by atoms with Gasteiger partial charge in [-0.15, -0.1) is 0 Å². The SMILES string of the molecule is CCNCCNC(=O)OC(C)(C)C.CN(C)c1ccccc1.II(I)I. The van der Waals surface area contributed by atoms with Crippen LogP contribution in [0.4, 0.5) is 10.5 Å². The number of carbonyl (C=O) groups excluding carboxylic acids is 1. The van der Waals surface area contributed by atoms with E-state index in [2.05, 4.69) is 83.5 Å². The fourth-order valence-electron chi connectivity index (χ4n) is 1.47. The first-order valence-corrected chi connectivity index (χ1v) is 26.9. The van der Waals surface area contributed by atoms with Gasteiger partial charge in [0, 0.05) is 32.9 Å². The molecule has 0 radical (unpaired) electrons. The fourth-order valence-corrected chi connectivity index (χ4v) is 1.47. The van der Waals surface area contributed by atoms with Crippen molar-refractivity contribution in [2.45, 2.75) is 33.3 Å². The van der Waals surface area contributed by atoms with Crippen LogP contribution in [0.5, 0.6) is 0 Å². The van der Waals surface area contributed by atoms with Gasteiger partial charge in [0.25, 0.3) is 0 Å². The van der Waals surface area contributed by atoms with E-state index >= 15 is 0 Å². The first-order valence-electron chi connectivity index (χ1n) is 8.09. The number of likely N-dealkylation sites (N-methyl/N-ethyl adjacent to an activating group) is 1. The Morgan fingerprint density at radius 2 is 1.62 bits per heavy atom. The van der Waals surface area contributed by atoms with E-state index in [-0.39, 0.29) is 14.0 Å². The number of nitrogens with zero attached hydrogens (tertiary/aromatic N) is 1. The summed E-state index contributed by atoms with van der Waals surface area (Å²) in [5, 5.41) is 5.75. The molecule has 1 amide bonds. The molecular weight excluding hydrogens is 786 g/mol. The maximum atomic E-state index is 11.1. The number of ether oxygens (including phenoxy) is 1. The topological polar surface area (TPSA) is 53.6 Å². The van der Waals surface area contributed by atoms with Crippen LogP contribution in [0.25, 0.3) is 0 Å². The van der Waals surface area contributed by atoms with Crippen LogP contribution in [-0.2, 0) is 4.74 Å². The van der Waals surface area contributed by atoms with Crippen molar-refractivity contribution in [3.63, 3.8) is 0 Å². The standard InChI is InChI=1S/C9H20N2O2.C8H11N.I4/c1-5-10-6-7-11-8(12)13-9(2,3)4;1-9(2)8-6-4-3-5-7-8;1-4(2)3/h10H,5-7H2,1-4H3,(H,11,12);3-7H,1-2H3;. The molecule has 2 N–H and O–H groups in total. The van der Waals surface area contributed by atoms with Gasteiger partial charge in [0.15, 0.2) is 0 Å². The molecule has 5 nitrogen and oxygen atoms in total. The van der Waals surface area contributed by atoms with Crippen LogP contribution in [0, 0.1) is 0 Å². The number of alkyl carbamates (subject to hydrolysis) is 1. The summed E-state index contributed by atoms with van der Waals surface area (Å²) < 4.78 is 5.04. The minimum absolute atomic E-state index is 0.353. The molecule has 0 aliphatic rings. The molecule has 0 unspecified atom stereocenters. The predicted octanol–water partition coefficient (Wildman–Crippen LogP) is 6.42. The number of halogens is 4. The number of hydrogen-bond acceptors (Lipinski definition) is 4. The van der Waals surface area contributed by atoms with Crippen LogP contribution >= 0.6 is 63.7 Å². The molecule has 26 heavy (non-hydrogen) atoms. The number of hydrogen-bond donors (Lipinski definition) is 2. The van der Waals surface area contributed by atoms with Gasteiger partial charge in [-0.3, -0.25) is 0 Å². The average Bonchev–Trinajstić information content (AvgIpc) is 2.51. The van der Waals surface area contributed by atoms with Crippen LogP contribution in [0.2, 0.25) is 0 Å². The molecule has 9 heteroatoms. The summed E-state index contributed by atoms with van der Waals surface area (Å²) in [6.45, 7) is 9.84. The van der Waals surface area contributed by atoms with Crippen molar-refractivity contribution in [2.24, 2.45) is 0 Å². The monoisotopic (exact) mass is 817 g/mol. The molecule has 0 saturated carbocycles. The van der Waals surface area contributed by atoms with Gasteiger partial charge < -0.3 is 20.3 Å². The third kappa shape index (κ3) is 25.2. The molecule has 0 aliphatic carbocycles. The van der Waals surface area contributed by atoms with Crippen molar-refractivity contribution in [1.29, 1.82) is 0 Å². The molecule has 1 rings (SSSR count). The van der Waals surface area contributed by atoms with Crippen LogP contribution in [0.1, 0.15) is 27.7 Å². The summed E-state index contributed by atoms with van der Waals surface area (Å²) in [5.74, 6) is 0. The Balaban J connectivity index is 0. The molecule has 0 heterocycles. The van der Waals surface area contributed by atoms with Gasteiger partial charge in [-0.1, -0.05) is 25.1 Å². The maximum absolute atomic E-state index is 11.1. The number of amides is 1. The second kappa shape index (κ2) is 18.2.